The van der Waals surface area contributed by atoms with Crippen molar-refractivity contribution in [1.29, 1.82) is 0 Å². The molecule has 140 valence electrons. The summed E-state index contributed by atoms with van der Waals surface area (Å²) >= 11 is 1.10. The smallest absolute Gasteiger partial charge is 0.349 e. The molecule has 7 heteroatoms. The van der Waals surface area contributed by atoms with Crippen molar-refractivity contribution in [1.82, 2.24) is 4.98 Å². The first kappa shape index (κ1) is 19.0. The maximum Gasteiger partial charge on any atom is 0.349 e. The Hall–Kier alpha value is -2.80. The van der Waals surface area contributed by atoms with Crippen molar-refractivity contribution in [2.45, 2.75) is 33.8 Å². The Balaban J connectivity index is 1.82. The third kappa shape index (κ3) is 3.42. The molecule has 0 amide bonds. The summed E-state index contributed by atoms with van der Waals surface area (Å²) in [6, 6.07) is 6.02. The SMILES string of the molecule is CC(=O)c1c(C)[nH]c(C(=O)[C@@H](C)OC(=O)c2cc3c(F)cccc3s2)c1C. The van der Waals surface area contributed by atoms with Gasteiger partial charge in [-0.3, -0.25) is 9.59 Å². The zero-order chi connectivity index (χ0) is 19.9. The van der Waals surface area contributed by atoms with Crippen LogP contribution < -0.4 is 0 Å². The molecule has 1 atom stereocenters. The topological polar surface area (TPSA) is 76.2 Å². The predicted octanol–water partition coefficient (Wildman–Crippen LogP) is 4.62. The van der Waals surface area contributed by atoms with Crippen LogP contribution >= 0.6 is 11.3 Å². The van der Waals surface area contributed by atoms with Crippen LogP contribution in [-0.4, -0.2) is 28.6 Å². The minimum atomic E-state index is -1.05. The molecule has 2 heterocycles. The molecule has 0 spiro atoms. The number of H-pyrrole nitrogens is 1. The number of fused-ring (bicyclic) bond motifs is 1. The number of thiophene rings is 1. The van der Waals surface area contributed by atoms with Gasteiger partial charge < -0.3 is 9.72 Å². The minimum Gasteiger partial charge on any atom is -0.450 e. The van der Waals surface area contributed by atoms with Crippen LogP contribution in [0.15, 0.2) is 24.3 Å². The second kappa shape index (κ2) is 7.08. The number of aryl methyl sites for hydroxylation is 1. The zero-order valence-corrected chi connectivity index (χ0v) is 16.1. The predicted molar refractivity (Wildman–Crippen MR) is 101 cm³/mol. The monoisotopic (exact) mass is 387 g/mol. The van der Waals surface area contributed by atoms with Crippen molar-refractivity contribution >= 4 is 39.0 Å². The fourth-order valence-electron chi connectivity index (χ4n) is 3.13. The van der Waals surface area contributed by atoms with E-state index in [0.29, 0.717) is 26.9 Å². The molecule has 0 aliphatic rings. The quantitative estimate of drug-likeness (QED) is 0.512. The van der Waals surface area contributed by atoms with E-state index < -0.39 is 23.7 Å². The lowest BCUT2D eigenvalue weighted by molar-refractivity contribution is 0.0321. The Morgan fingerprint density at radius 2 is 1.93 bits per heavy atom. The molecule has 0 aliphatic carbocycles. The maximum atomic E-state index is 13.8. The standard InChI is InChI=1S/C20H18FNO4S/c1-9-17(11(3)23)10(2)22-18(9)19(24)12(4)26-20(25)16-8-13-14(21)6-5-7-15(13)27-16/h5-8,12,22H,1-4H3/t12-/m1/s1. The number of rotatable bonds is 5. The van der Waals surface area contributed by atoms with Gasteiger partial charge in [0.05, 0.1) is 5.69 Å². The molecule has 3 rings (SSSR count). The van der Waals surface area contributed by atoms with E-state index in [1.54, 1.807) is 26.0 Å². The van der Waals surface area contributed by atoms with Gasteiger partial charge in [0.25, 0.3) is 0 Å². The molecule has 0 unspecified atom stereocenters. The number of Topliss-reactive ketones (excluding diaryl/α,β-unsaturated/α-hetero) is 2. The highest BCUT2D eigenvalue weighted by molar-refractivity contribution is 7.20. The summed E-state index contributed by atoms with van der Waals surface area (Å²) in [6.45, 7) is 6.29. The van der Waals surface area contributed by atoms with Gasteiger partial charge in [-0.2, -0.15) is 0 Å². The van der Waals surface area contributed by atoms with Gasteiger partial charge in [-0.25, -0.2) is 9.18 Å². The van der Waals surface area contributed by atoms with Crippen molar-refractivity contribution in [2.24, 2.45) is 0 Å². The fraction of sp³-hybridized carbons (Fsp3) is 0.250. The van der Waals surface area contributed by atoms with Gasteiger partial charge >= 0.3 is 5.97 Å². The first-order valence-corrected chi connectivity index (χ1v) is 9.15. The van der Waals surface area contributed by atoms with Crippen LogP contribution in [0, 0.1) is 19.7 Å². The molecular formula is C20H18FNO4S. The van der Waals surface area contributed by atoms with E-state index in [9.17, 15) is 18.8 Å². The summed E-state index contributed by atoms with van der Waals surface area (Å²) in [7, 11) is 0. The average molecular weight is 387 g/mol. The number of ether oxygens (including phenoxy) is 1. The van der Waals surface area contributed by atoms with Gasteiger partial charge in [0.2, 0.25) is 5.78 Å². The first-order chi connectivity index (χ1) is 12.7. The third-order valence-corrected chi connectivity index (χ3v) is 5.48. The van der Waals surface area contributed by atoms with Crippen molar-refractivity contribution in [3.05, 3.63) is 57.5 Å². The van der Waals surface area contributed by atoms with Gasteiger partial charge in [-0.05, 0) is 51.5 Å². The van der Waals surface area contributed by atoms with Crippen molar-refractivity contribution < 1.29 is 23.5 Å². The highest BCUT2D eigenvalue weighted by Gasteiger charge is 2.27. The van der Waals surface area contributed by atoms with Crippen LogP contribution in [0.3, 0.4) is 0 Å². The van der Waals surface area contributed by atoms with Crippen molar-refractivity contribution in [3.8, 4) is 0 Å². The molecule has 2 aromatic heterocycles. The molecule has 0 saturated carbocycles. The van der Waals surface area contributed by atoms with Crippen LogP contribution in [0.5, 0.6) is 0 Å². The maximum absolute atomic E-state index is 13.8. The zero-order valence-electron chi connectivity index (χ0n) is 15.3. The van der Waals surface area contributed by atoms with E-state index in [2.05, 4.69) is 4.98 Å². The highest BCUT2D eigenvalue weighted by atomic mass is 32.1. The Bertz CT molecular complexity index is 1080. The number of esters is 1. The van der Waals surface area contributed by atoms with Crippen LogP contribution in [0.25, 0.3) is 10.1 Å². The van der Waals surface area contributed by atoms with Crippen LogP contribution in [-0.2, 0) is 4.74 Å². The first-order valence-electron chi connectivity index (χ1n) is 8.34. The van der Waals surface area contributed by atoms with E-state index in [1.807, 2.05) is 0 Å². The molecule has 0 aliphatic heterocycles. The molecule has 0 radical (unpaired) electrons. The minimum absolute atomic E-state index is 0.141. The number of halogens is 1. The van der Waals surface area contributed by atoms with Gasteiger partial charge in [0.1, 0.15) is 10.7 Å². The van der Waals surface area contributed by atoms with E-state index in [4.69, 9.17) is 4.74 Å². The molecule has 1 aromatic carbocycles. The molecule has 5 nitrogen and oxygen atoms in total. The lowest BCUT2D eigenvalue weighted by atomic mass is 10.0. The fourth-order valence-corrected chi connectivity index (χ4v) is 4.08. The second-order valence-electron chi connectivity index (χ2n) is 6.36. The highest BCUT2D eigenvalue weighted by Crippen LogP contribution is 2.28. The van der Waals surface area contributed by atoms with E-state index in [1.165, 1.54) is 26.0 Å². The van der Waals surface area contributed by atoms with Crippen molar-refractivity contribution in [2.75, 3.05) is 0 Å². The van der Waals surface area contributed by atoms with E-state index in [-0.39, 0.29) is 16.4 Å². The molecule has 1 N–H and O–H groups in total. The summed E-state index contributed by atoms with van der Waals surface area (Å²) in [5.41, 5.74) is 1.86. The molecule has 27 heavy (non-hydrogen) atoms. The number of carbonyl (C=O) groups is 3. The Morgan fingerprint density at radius 3 is 2.52 bits per heavy atom. The van der Waals surface area contributed by atoms with Crippen LogP contribution in [0.4, 0.5) is 4.39 Å². The number of carbonyl (C=O) groups excluding carboxylic acids is 3. The van der Waals surface area contributed by atoms with Gasteiger partial charge in [0, 0.05) is 21.3 Å². The molecule has 0 saturated heterocycles. The van der Waals surface area contributed by atoms with Gasteiger partial charge in [0.15, 0.2) is 11.9 Å². The Morgan fingerprint density at radius 1 is 1.22 bits per heavy atom. The lowest BCUT2D eigenvalue weighted by Crippen LogP contribution is -2.25. The molecule has 0 bridgehead atoms. The lowest BCUT2D eigenvalue weighted by Gasteiger charge is -2.11. The summed E-state index contributed by atoms with van der Waals surface area (Å²) in [4.78, 5) is 39.9. The number of ketones is 2. The number of aromatic nitrogens is 1. The van der Waals surface area contributed by atoms with E-state index >= 15 is 0 Å². The van der Waals surface area contributed by atoms with Gasteiger partial charge in [-0.1, -0.05) is 6.07 Å². The second-order valence-corrected chi connectivity index (χ2v) is 7.44. The van der Waals surface area contributed by atoms with Crippen LogP contribution in [0.2, 0.25) is 0 Å². The Labute approximate surface area is 159 Å². The summed E-state index contributed by atoms with van der Waals surface area (Å²) in [6.07, 6.45) is -1.05. The van der Waals surface area contributed by atoms with Crippen LogP contribution in [0.1, 0.15) is 55.6 Å². The third-order valence-electron chi connectivity index (χ3n) is 4.40. The van der Waals surface area contributed by atoms with Crippen molar-refractivity contribution in [3.63, 3.8) is 0 Å². The van der Waals surface area contributed by atoms with Gasteiger partial charge in [-0.15, -0.1) is 11.3 Å². The van der Waals surface area contributed by atoms with E-state index in [0.717, 1.165) is 11.3 Å². The Kier molecular flexibility index (Phi) is 4.97. The molecule has 3 aromatic rings. The summed E-state index contributed by atoms with van der Waals surface area (Å²) < 4.78 is 19.7. The summed E-state index contributed by atoms with van der Waals surface area (Å²) in [5.74, 6) is -1.67. The number of hydrogen-bond acceptors (Lipinski definition) is 5. The number of hydrogen-bond donors (Lipinski definition) is 1. The number of benzene rings is 1. The molecule has 0 fully saturated rings. The average Bonchev–Trinajstić information content (AvgIpc) is 3.16. The number of aromatic amines is 1. The summed E-state index contributed by atoms with van der Waals surface area (Å²) in [5, 5.41) is 0.343. The number of nitrogens with one attached hydrogen (secondary N) is 1. The molecular weight excluding hydrogens is 369 g/mol. The normalized spacial score (nSPS) is 12.2. The largest absolute Gasteiger partial charge is 0.450 e.